The van der Waals surface area contributed by atoms with Crippen molar-refractivity contribution >= 4 is 5.91 Å². The minimum atomic E-state index is -0.365. The number of rotatable bonds is 1. The monoisotopic (exact) mass is 171 g/mol. The van der Waals surface area contributed by atoms with Gasteiger partial charge in [-0.15, -0.1) is 0 Å². The van der Waals surface area contributed by atoms with Crippen molar-refractivity contribution in [2.45, 2.75) is 25.9 Å². The summed E-state index contributed by atoms with van der Waals surface area (Å²) in [6.45, 7) is 6.24. The number of nitrogens with zero attached hydrogens (tertiary/aromatic N) is 1. The van der Waals surface area contributed by atoms with Crippen molar-refractivity contribution in [2.24, 2.45) is 5.73 Å². The van der Waals surface area contributed by atoms with Crippen molar-refractivity contribution < 1.29 is 4.79 Å². The predicted molar refractivity (Wildman–Crippen MR) is 47.7 cm³/mol. The first-order valence-corrected chi connectivity index (χ1v) is 4.39. The molecule has 1 amide bonds. The lowest BCUT2D eigenvalue weighted by molar-refractivity contribution is -0.133. The molecule has 12 heavy (non-hydrogen) atoms. The van der Waals surface area contributed by atoms with Crippen LogP contribution in [0.4, 0.5) is 0 Å². The summed E-state index contributed by atoms with van der Waals surface area (Å²) in [6.07, 6.45) is 0. The van der Waals surface area contributed by atoms with Crippen LogP contribution in [-0.4, -0.2) is 42.5 Å². The van der Waals surface area contributed by atoms with Gasteiger partial charge < -0.3 is 16.0 Å². The lowest BCUT2D eigenvalue weighted by atomic mass is 10.2. The first-order chi connectivity index (χ1) is 5.61. The van der Waals surface area contributed by atoms with Crippen LogP contribution in [0.25, 0.3) is 0 Å². The molecule has 2 atom stereocenters. The Morgan fingerprint density at radius 1 is 1.75 bits per heavy atom. The summed E-state index contributed by atoms with van der Waals surface area (Å²) in [6, 6.07) is 0.0248. The summed E-state index contributed by atoms with van der Waals surface area (Å²) >= 11 is 0. The number of hydrogen-bond donors (Lipinski definition) is 2. The molecule has 4 nitrogen and oxygen atoms in total. The maximum atomic E-state index is 11.4. The first-order valence-electron chi connectivity index (χ1n) is 4.39. The lowest BCUT2D eigenvalue weighted by Gasteiger charge is -2.32. The van der Waals surface area contributed by atoms with E-state index in [9.17, 15) is 4.79 Å². The molecule has 0 spiro atoms. The van der Waals surface area contributed by atoms with Gasteiger partial charge >= 0.3 is 0 Å². The Kier molecular flexibility index (Phi) is 3.05. The second kappa shape index (κ2) is 3.87. The highest BCUT2D eigenvalue weighted by Gasteiger charge is 2.22. The molecule has 4 heteroatoms. The summed E-state index contributed by atoms with van der Waals surface area (Å²) in [5, 5.41) is 3.27. The molecule has 0 aromatic carbocycles. The smallest absolute Gasteiger partial charge is 0.239 e. The Hall–Kier alpha value is -0.610. The zero-order chi connectivity index (χ0) is 9.14. The van der Waals surface area contributed by atoms with E-state index in [4.69, 9.17) is 5.73 Å². The molecule has 0 saturated carbocycles. The highest BCUT2D eigenvalue weighted by molar-refractivity contribution is 5.81. The number of nitrogens with two attached hydrogens (primary N) is 1. The number of amides is 1. The van der Waals surface area contributed by atoms with E-state index in [1.807, 2.05) is 4.90 Å². The third kappa shape index (κ3) is 2.19. The number of hydrogen-bond acceptors (Lipinski definition) is 3. The minimum Gasteiger partial charge on any atom is -0.339 e. The third-order valence-electron chi connectivity index (χ3n) is 2.07. The average Bonchev–Trinajstić information content (AvgIpc) is 2.03. The second-order valence-corrected chi connectivity index (χ2v) is 3.43. The summed E-state index contributed by atoms with van der Waals surface area (Å²) in [5.41, 5.74) is 5.50. The Balaban J connectivity index is 2.46. The van der Waals surface area contributed by atoms with E-state index in [1.165, 1.54) is 0 Å². The van der Waals surface area contributed by atoms with Gasteiger partial charge in [0.2, 0.25) is 5.91 Å². The highest BCUT2D eigenvalue weighted by atomic mass is 16.2. The minimum absolute atomic E-state index is 0.0587. The predicted octanol–water partition coefficient (Wildman–Crippen LogP) is -0.846. The molecule has 0 aromatic heterocycles. The van der Waals surface area contributed by atoms with Crippen molar-refractivity contribution in [1.29, 1.82) is 0 Å². The molecule has 1 aliphatic heterocycles. The molecule has 1 heterocycles. The fourth-order valence-corrected chi connectivity index (χ4v) is 1.42. The number of carbonyl (C=O) groups is 1. The molecule has 0 aliphatic carbocycles. The van der Waals surface area contributed by atoms with E-state index < -0.39 is 0 Å². The molecular formula is C8H17N3O. The van der Waals surface area contributed by atoms with Gasteiger partial charge in [-0.1, -0.05) is 0 Å². The SMILES string of the molecule is CC1CN(C(=O)C(C)N)CCN1. The molecular weight excluding hydrogens is 154 g/mol. The molecule has 70 valence electrons. The second-order valence-electron chi connectivity index (χ2n) is 3.43. The van der Waals surface area contributed by atoms with E-state index in [1.54, 1.807) is 6.92 Å². The van der Waals surface area contributed by atoms with Gasteiger partial charge in [0.25, 0.3) is 0 Å². The Morgan fingerprint density at radius 2 is 2.42 bits per heavy atom. The van der Waals surface area contributed by atoms with Gasteiger partial charge in [-0.3, -0.25) is 4.79 Å². The fourth-order valence-electron chi connectivity index (χ4n) is 1.42. The molecule has 0 radical (unpaired) electrons. The van der Waals surface area contributed by atoms with Gasteiger partial charge in [0.05, 0.1) is 6.04 Å². The standard InChI is InChI=1S/C8H17N3O/c1-6-5-11(4-3-10-6)8(12)7(2)9/h6-7,10H,3-5,9H2,1-2H3. The van der Waals surface area contributed by atoms with Gasteiger partial charge in [0.15, 0.2) is 0 Å². The van der Waals surface area contributed by atoms with E-state index in [0.29, 0.717) is 6.04 Å². The van der Waals surface area contributed by atoms with Gasteiger partial charge in [0.1, 0.15) is 0 Å². The molecule has 1 rings (SSSR count). The van der Waals surface area contributed by atoms with Crippen molar-refractivity contribution in [3.8, 4) is 0 Å². The van der Waals surface area contributed by atoms with Gasteiger partial charge in [-0.2, -0.15) is 0 Å². The van der Waals surface area contributed by atoms with Crippen LogP contribution in [0, 0.1) is 0 Å². The van der Waals surface area contributed by atoms with Gasteiger partial charge in [-0.25, -0.2) is 0 Å². The molecule has 0 bridgehead atoms. The van der Waals surface area contributed by atoms with Gasteiger partial charge in [-0.05, 0) is 13.8 Å². The summed E-state index contributed by atoms with van der Waals surface area (Å²) in [5.74, 6) is 0.0587. The quantitative estimate of drug-likeness (QED) is 0.540. The lowest BCUT2D eigenvalue weighted by Crippen LogP contribution is -2.54. The number of piperazine rings is 1. The molecule has 3 N–H and O–H groups in total. The summed E-state index contributed by atoms with van der Waals surface area (Å²) in [4.78, 5) is 13.2. The van der Waals surface area contributed by atoms with Crippen LogP contribution in [0.5, 0.6) is 0 Å². The van der Waals surface area contributed by atoms with Crippen molar-refractivity contribution in [2.75, 3.05) is 19.6 Å². The zero-order valence-corrected chi connectivity index (χ0v) is 7.71. The normalized spacial score (nSPS) is 26.9. The van der Waals surface area contributed by atoms with Crippen LogP contribution in [0.15, 0.2) is 0 Å². The highest BCUT2D eigenvalue weighted by Crippen LogP contribution is 2.00. The Bertz CT molecular complexity index is 170. The fraction of sp³-hybridized carbons (Fsp3) is 0.875. The number of nitrogens with one attached hydrogen (secondary N) is 1. The maximum absolute atomic E-state index is 11.4. The zero-order valence-electron chi connectivity index (χ0n) is 7.71. The van der Waals surface area contributed by atoms with Gasteiger partial charge in [0, 0.05) is 25.7 Å². The average molecular weight is 171 g/mol. The van der Waals surface area contributed by atoms with Crippen molar-refractivity contribution in [3.63, 3.8) is 0 Å². The van der Waals surface area contributed by atoms with Crippen molar-refractivity contribution in [3.05, 3.63) is 0 Å². The van der Waals surface area contributed by atoms with E-state index in [2.05, 4.69) is 12.2 Å². The van der Waals surface area contributed by atoms with E-state index in [-0.39, 0.29) is 11.9 Å². The molecule has 2 unspecified atom stereocenters. The van der Waals surface area contributed by atoms with E-state index in [0.717, 1.165) is 19.6 Å². The van der Waals surface area contributed by atoms with Crippen LogP contribution < -0.4 is 11.1 Å². The maximum Gasteiger partial charge on any atom is 0.239 e. The van der Waals surface area contributed by atoms with Crippen LogP contribution in [0.3, 0.4) is 0 Å². The third-order valence-corrected chi connectivity index (χ3v) is 2.07. The molecule has 1 fully saturated rings. The van der Waals surface area contributed by atoms with Crippen molar-refractivity contribution in [1.82, 2.24) is 10.2 Å². The van der Waals surface area contributed by atoms with Crippen LogP contribution in [-0.2, 0) is 4.79 Å². The van der Waals surface area contributed by atoms with Crippen LogP contribution in [0.2, 0.25) is 0 Å². The molecule has 1 saturated heterocycles. The van der Waals surface area contributed by atoms with Crippen LogP contribution >= 0.6 is 0 Å². The Labute approximate surface area is 73.1 Å². The molecule has 1 aliphatic rings. The number of carbonyl (C=O) groups excluding carboxylic acids is 1. The topological polar surface area (TPSA) is 58.4 Å². The van der Waals surface area contributed by atoms with E-state index >= 15 is 0 Å². The summed E-state index contributed by atoms with van der Waals surface area (Å²) in [7, 11) is 0. The Morgan fingerprint density at radius 3 is 2.92 bits per heavy atom. The molecule has 0 aromatic rings. The largest absolute Gasteiger partial charge is 0.339 e. The summed E-state index contributed by atoms with van der Waals surface area (Å²) < 4.78 is 0. The van der Waals surface area contributed by atoms with Crippen LogP contribution in [0.1, 0.15) is 13.8 Å². The first kappa shape index (κ1) is 9.48.